The molecule has 0 fully saturated rings. The number of carbonyl (C=O) groups excluding carboxylic acids is 1. The number of nitrogens with two attached hydrogens (primary N) is 1. The average molecular weight is 206 g/mol. The SMILES string of the molecule is Nn1cnc2c(=O)n3c(nc21)NC(=O)C3. The normalized spacial score (nSPS) is 14.3. The number of fused-ring (bicyclic) bond motifs is 2. The van der Waals surface area contributed by atoms with Crippen LogP contribution in [0.1, 0.15) is 0 Å². The first kappa shape index (κ1) is 7.97. The zero-order valence-corrected chi connectivity index (χ0v) is 7.47. The number of imidazole rings is 1. The third-order valence-corrected chi connectivity index (χ3v) is 2.24. The van der Waals surface area contributed by atoms with Crippen LogP contribution in [-0.2, 0) is 11.3 Å². The lowest BCUT2D eigenvalue weighted by molar-refractivity contribution is -0.115. The second kappa shape index (κ2) is 2.35. The van der Waals surface area contributed by atoms with E-state index in [-0.39, 0.29) is 35.1 Å². The molecule has 1 aliphatic heterocycles. The molecule has 0 unspecified atom stereocenters. The van der Waals surface area contributed by atoms with Gasteiger partial charge in [0.25, 0.3) is 5.56 Å². The highest BCUT2D eigenvalue weighted by Gasteiger charge is 2.23. The van der Waals surface area contributed by atoms with Crippen LogP contribution >= 0.6 is 0 Å². The molecule has 76 valence electrons. The number of nitrogen functional groups attached to an aromatic ring is 1. The quantitative estimate of drug-likeness (QED) is 0.497. The van der Waals surface area contributed by atoms with Crippen molar-refractivity contribution in [2.45, 2.75) is 6.54 Å². The predicted octanol–water partition coefficient (Wildman–Crippen LogP) is -1.74. The van der Waals surface area contributed by atoms with Crippen molar-refractivity contribution in [2.24, 2.45) is 0 Å². The van der Waals surface area contributed by atoms with E-state index in [1.54, 1.807) is 0 Å². The number of anilines is 1. The first-order valence-corrected chi connectivity index (χ1v) is 4.19. The zero-order chi connectivity index (χ0) is 10.6. The second-order valence-electron chi connectivity index (χ2n) is 3.20. The Balaban J connectivity index is 2.46. The van der Waals surface area contributed by atoms with Crippen LogP contribution in [0, 0.1) is 0 Å². The second-order valence-corrected chi connectivity index (χ2v) is 3.20. The molecule has 0 aromatic carbocycles. The number of hydrogen-bond acceptors (Lipinski definition) is 5. The van der Waals surface area contributed by atoms with E-state index in [4.69, 9.17) is 5.84 Å². The van der Waals surface area contributed by atoms with Gasteiger partial charge in [-0.1, -0.05) is 0 Å². The summed E-state index contributed by atoms with van der Waals surface area (Å²) in [4.78, 5) is 30.7. The molecule has 1 aliphatic rings. The maximum atomic E-state index is 11.8. The molecule has 0 bridgehead atoms. The Kier molecular flexibility index (Phi) is 1.25. The van der Waals surface area contributed by atoms with Crippen molar-refractivity contribution in [3.63, 3.8) is 0 Å². The number of carbonyl (C=O) groups is 1. The van der Waals surface area contributed by atoms with Gasteiger partial charge in [-0.25, -0.2) is 9.66 Å². The fraction of sp³-hybridized carbons (Fsp3) is 0.143. The maximum Gasteiger partial charge on any atom is 0.283 e. The number of rotatable bonds is 0. The van der Waals surface area contributed by atoms with Gasteiger partial charge in [0.15, 0.2) is 11.2 Å². The van der Waals surface area contributed by atoms with Crippen LogP contribution in [0.2, 0.25) is 0 Å². The van der Waals surface area contributed by atoms with Crippen molar-refractivity contribution in [1.29, 1.82) is 0 Å². The fourth-order valence-corrected chi connectivity index (χ4v) is 1.55. The van der Waals surface area contributed by atoms with Crippen LogP contribution < -0.4 is 16.7 Å². The minimum atomic E-state index is -0.363. The van der Waals surface area contributed by atoms with E-state index >= 15 is 0 Å². The summed E-state index contributed by atoms with van der Waals surface area (Å²) in [5.41, 5.74) is 0.0590. The third kappa shape index (κ3) is 0.897. The molecule has 2 aromatic heterocycles. The van der Waals surface area contributed by atoms with Crippen LogP contribution in [0.15, 0.2) is 11.1 Å². The molecule has 0 radical (unpaired) electrons. The largest absolute Gasteiger partial charge is 0.336 e. The highest BCUT2D eigenvalue weighted by molar-refractivity contribution is 5.93. The molecule has 2 aromatic rings. The van der Waals surface area contributed by atoms with Crippen molar-refractivity contribution in [3.05, 3.63) is 16.7 Å². The minimum absolute atomic E-state index is 0.0193. The van der Waals surface area contributed by atoms with E-state index in [9.17, 15) is 9.59 Å². The summed E-state index contributed by atoms with van der Waals surface area (Å²) < 4.78 is 2.37. The van der Waals surface area contributed by atoms with E-state index in [0.717, 1.165) is 4.68 Å². The van der Waals surface area contributed by atoms with Gasteiger partial charge in [0.1, 0.15) is 12.9 Å². The van der Waals surface area contributed by atoms with Crippen LogP contribution in [0.5, 0.6) is 0 Å². The van der Waals surface area contributed by atoms with Gasteiger partial charge in [-0.2, -0.15) is 4.98 Å². The molecule has 8 nitrogen and oxygen atoms in total. The number of nitrogens with one attached hydrogen (secondary N) is 1. The monoisotopic (exact) mass is 206 g/mol. The van der Waals surface area contributed by atoms with E-state index in [2.05, 4.69) is 15.3 Å². The summed E-state index contributed by atoms with van der Waals surface area (Å²) >= 11 is 0. The zero-order valence-electron chi connectivity index (χ0n) is 7.47. The average Bonchev–Trinajstić information content (AvgIpc) is 2.72. The first-order chi connectivity index (χ1) is 7.16. The Labute approximate surface area is 82.3 Å². The van der Waals surface area contributed by atoms with Crippen LogP contribution in [-0.4, -0.2) is 25.1 Å². The van der Waals surface area contributed by atoms with Crippen LogP contribution in [0.3, 0.4) is 0 Å². The molecule has 0 aliphatic carbocycles. The van der Waals surface area contributed by atoms with Gasteiger partial charge < -0.3 is 5.84 Å². The Bertz CT molecular complexity index is 639. The fourth-order valence-electron chi connectivity index (χ4n) is 1.55. The van der Waals surface area contributed by atoms with E-state index in [1.165, 1.54) is 10.9 Å². The van der Waals surface area contributed by atoms with Gasteiger partial charge in [-0.05, 0) is 0 Å². The number of hydrogen-bond donors (Lipinski definition) is 2. The number of aromatic nitrogens is 4. The minimum Gasteiger partial charge on any atom is -0.336 e. The highest BCUT2D eigenvalue weighted by Crippen LogP contribution is 2.12. The Morgan fingerprint density at radius 1 is 1.47 bits per heavy atom. The number of amides is 1. The van der Waals surface area contributed by atoms with E-state index < -0.39 is 0 Å². The summed E-state index contributed by atoms with van der Waals surface area (Å²) in [7, 11) is 0. The molecule has 0 atom stereocenters. The van der Waals surface area contributed by atoms with Gasteiger partial charge in [0.05, 0.1) is 0 Å². The van der Waals surface area contributed by atoms with Crippen molar-refractivity contribution < 1.29 is 4.79 Å². The molecule has 0 saturated carbocycles. The molecular weight excluding hydrogens is 200 g/mol. The molecule has 15 heavy (non-hydrogen) atoms. The lowest BCUT2D eigenvalue weighted by Gasteiger charge is -1.99. The molecular formula is C7H6N6O2. The molecule has 3 rings (SSSR count). The van der Waals surface area contributed by atoms with Gasteiger partial charge in [-0.3, -0.25) is 19.5 Å². The standard InChI is InChI=1S/C7H6N6O2/c8-13-2-9-4-5(13)11-7-10-3(14)1-12(7)6(4)15/h2H,1,8H2,(H,10,11,14). The summed E-state index contributed by atoms with van der Waals surface area (Å²) in [6.07, 6.45) is 1.30. The molecule has 3 heterocycles. The van der Waals surface area contributed by atoms with Crippen molar-refractivity contribution in [3.8, 4) is 0 Å². The van der Waals surface area contributed by atoms with Gasteiger partial charge in [0.2, 0.25) is 11.9 Å². The van der Waals surface area contributed by atoms with Crippen molar-refractivity contribution in [1.82, 2.24) is 19.2 Å². The lowest BCUT2D eigenvalue weighted by Crippen LogP contribution is -2.20. The topological polar surface area (TPSA) is 108 Å². The smallest absolute Gasteiger partial charge is 0.283 e. The highest BCUT2D eigenvalue weighted by atomic mass is 16.2. The summed E-state index contributed by atoms with van der Waals surface area (Å²) in [5, 5.41) is 2.46. The Hall–Kier alpha value is -2.38. The molecule has 3 N–H and O–H groups in total. The summed E-state index contributed by atoms with van der Waals surface area (Å²) in [5.74, 6) is 5.45. The van der Waals surface area contributed by atoms with Gasteiger partial charge in [0, 0.05) is 0 Å². The first-order valence-electron chi connectivity index (χ1n) is 4.19. The van der Waals surface area contributed by atoms with Gasteiger partial charge >= 0.3 is 0 Å². The summed E-state index contributed by atoms with van der Waals surface area (Å²) in [6.45, 7) is -0.0193. The van der Waals surface area contributed by atoms with Crippen LogP contribution in [0.4, 0.5) is 5.95 Å². The Morgan fingerprint density at radius 3 is 3.07 bits per heavy atom. The molecule has 0 spiro atoms. The van der Waals surface area contributed by atoms with E-state index in [0.29, 0.717) is 0 Å². The van der Waals surface area contributed by atoms with Crippen molar-refractivity contribution in [2.75, 3.05) is 11.2 Å². The van der Waals surface area contributed by atoms with Crippen LogP contribution in [0.25, 0.3) is 11.2 Å². The third-order valence-electron chi connectivity index (χ3n) is 2.24. The maximum absolute atomic E-state index is 11.8. The Morgan fingerprint density at radius 2 is 2.27 bits per heavy atom. The molecule has 1 amide bonds. The lowest BCUT2D eigenvalue weighted by atomic mass is 10.5. The summed E-state index contributed by atoms with van der Waals surface area (Å²) in [6, 6.07) is 0. The molecule has 0 saturated heterocycles. The predicted molar refractivity (Wildman–Crippen MR) is 50.6 cm³/mol. The van der Waals surface area contributed by atoms with Crippen molar-refractivity contribution >= 4 is 23.0 Å². The van der Waals surface area contributed by atoms with E-state index in [1.807, 2.05) is 0 Å². The number of nitrogens with zero attached hydrogens (tertiary/aromatic N) is 4. The van der Waals surface area contributed by atoms with Gasteiger partial charge in [-0.15, -0.1) is 0 Å². The molecule has 8 heteroatoms.